The molecule has 0 saturated heterocycles. The molecule has 4 heteroatoms. The molecule has 1 unspecified atom stereocenters. The van der Waals surface area contributed by atoms with Crippen LogP contribution in [0.25, 0.3) is 0 Å². The van der Waals surface area contributed by atoms with E-state index in [-0.39, 0.29) is 6.10 Å². The summed E-state index contributed by atoms with van der Waals surface area (Å²) >= 11 is 0. The molecule has 17 heavy (non-hydrogen) atoms. The Balaban J connectivity index is 2.37. The molecule has 0 aliphatic carbocycles. The summed E-state index contributed by atoms with van der Waals surface area (Å²) in [6, 6.07) is 0. The molecule has 1 aromatic heterocycles. The molecule has 1 aromatic rings. The molecule has 0 aliphatic rings. The van der Waals surface area contributed by atoms with Crippen molar-refractivity contribution in [2.45, 2.75) is 53.2 Å². The van der Waals surface area contributed by atoms with E-state index in [0.717, 1.165) is 29.9 Å². The number of aliphatic hydroxyl groups excluding tert-OH is 1. The minimum atomic E-state index is -0.273. The van der Waals surface area contributed by atoms with Crippen LogP contribution in [0.4, 0.5) is 0 Å². The maximum Gasteiger partial charge on any atom is 0.138 e. The van der Waals surface area contributed by atoms with Crippen LogP contribution in [0.5, 0.6) is 0 Å². The van der Waals surface area contributed by atoms with E-state index in [2.05, 4.69) is 24.3 Å². The van der Waals surface area contributed by atoms with Gasteiger partial charge in [-0.1, -0.05) is 31.8 Å². The average molecular weight is 240 g/mol. The number of nitrogens with one attached hydrogen (secondary N) is 1. The van der Waals surface area contributed by atoms with Crippen LogP contribution < -0.4 is 5.32 Å². The monoisotopic (exact) mass is 240 g/mol. The van der Waals surface area contributed by atoms with Gasteiger partial charge < -0.3 is 14.9 Å². The van der Waals surface area contributed by atoms with Gasteiger partial charge in [-0.3, -0.25) is 0 Å². The lowest BCUT2D eigenvalue weighted by Gasteiger charge is -2.20. The van der Waals surface area contributed by atoms with Crippen molar-refractivity contribution in [3.05, 3.63) is 17.0 Å². The van der Waals surface area contributed by atoms with E-state index in [0.29, 0.717) is 19.0 Å². The van der Waals surface area contributed by atoms with Crippen molar-refractivity contribution in [2.75, 3.05) is 6.54 Å². The Morgan fingerprint density at radius 3 is 2.41 bits per heavy atom. The van der Waals surface area contributed by atoms with E-state index in [9.17, 15) is 5.11 Å². The van der Waals surface area contributed by atoms with E-state index in [1.807, 2.05) is 13.8 Å². The van der Waals surface area contributed by atoms with Crippen molar-refractivity contribution in [1.82, 2.24) is 10.5 Å². The third-order valence-electron chi connectivity index (χ3n) is 3.43. The van der Waals surface area contributed by atoms with Gasteiger partial charge in [-0.2, -0.15) is 0 Å². The molecule has 0 saturated carbocycles. The minimum absolute atomic E-state index is 0.273. The van der Waals surface area contributed by atoms with Crippen LogP contribution in [-0.4, -0.2) is 22.9 Å². The van der Waals surface area contributed by atoms with E-state index in [4.69, 9.17) is 4.52 Å². The van der Waals surface area contributed by atoms with E-state index in [1.165, 1.54) is 0 Å². The van der Waals surface area contributed by atoms with Crippen LogP contribution in [-0.2, 0) is 6.54 Å². The Bertz CT molecular complexity index is 313. The van der Waals surface area contributed by atoms with Crippen LogP contribution in [0.1, 0.15) is 43.7 Å². The van der Waals surface area contributed by atoms with Crippen molar-refractivity contribution in [1.29, 1.82) is 0 Å². The highest BCUT2D eigenvalue weighted by Crippen LogP contribution is 2.14. The third-order valence-corrected chi connectivity index (χ3v) is 3.43. The molecule has 98 valence electrons. The fraction of sp³-hybridized carbons (Fsp3) is 0.769. The maximum atomic E-state index is 9.97. The second kappa shape index (κ2) is 6.77. The zero-order chi connectivity index (χ0) is 12.8. The summed E-state index contributed by atoms with van der Waals surface area (Å²) in [5.74, 6) is 1.24. The van der Waals surface area contributed by atoms with Crippen molar-refractivity contribution in [3.8, 4) is 0 Å². The number of rotatable bonds is 7. The largest absolute Gasteiger partial charge is 0.392 e. The first-order valence-corrected chi connectivity index (χ1v) is 6.40. The Hall–Kier alpha value is -0.870. The van der Waals surface area contributed by atoms with Gasteiger partial charge in [0, 0.05) is 18.7 Å². The van der Waals surface area contributed by atoms with Gasteiger partial charge in [-0.15, -0.1) is 0 Å². The standard InChI is InChI=1S/C13H24N2O2/c1-5-11(6-2)13(16)8-14-7-12-9(3)15-17-10(12)4/h11,13-14,16H,5-8H2,1-4H3. The van der Waals surface area contributed by atoms with Gasteiger partial charge in [0.25, 0.3) is 0 Å². The molecular formula is C13H24N2O2. The number of nitrogens with zero attached hydrogens (tertiary/aromatic N) is 1. The van der Waals surface area contributed by atoms with Gasteiger partial charge in [0.05, 0.1) is 11.8 Å². The summed E-state index contributed by atoms with van der Waals surface area (Å²) in [5, 5.41) is 17.1. The van der Waals surface area contributed by atoms with Crippen LogP contribution in [0, 0.1) is 19.8 Å². The SMILES string of the molecule is CCC(CC)C(O)CNCc1c(C)noc1C. The Morgan fingerprint density at radius 2 is 1.94 bits per heavy atom. The molecule has 1 atom stereocenters. The summed E-state index contributed by atoms with van der Waals surface area (Å²) in [4.78, 5) is 0. The highest BCUT2D eigenvalue weighted by atomic mass is 16.5. The highest BCUT2D eigenvalue weighted by molar-refractivity contribution is 5.20. The molecule has 2 N–H and O–H groups in total. The first-order valence-electron chi connectivity index (χ1n) is 6.40. The van der Waals surface area contributed by atoms with Crippen molar-refractivity contribution in [3.63, 3.8) is 0 Å². The van der Waals surface area contributed by atoms with Gasteiger partial charge in [0.2, 0.25) is 0 Å². The van der Waals surface area contributed by atoms with Crippen molar-refractivity contribution < 1.29 is 9.63 Å². The second-order valence-electron chi connectivity index (χ2n) is 4.58. The smallest absolute Gasteiger partial charge is 0.138 e. The molecule has 1 heterocycles. The first kappa shape index (κ1) is 14.2. The number of hydrogen-bond acceptors (Lipinski definition) is 4. The van der Waals surface area contributed by atoms with Crippen LogP contribution in [0.2, 0.25) is 0 Å². The zero-order valence-electron chi connectivity index (χ0n) is 11.3. The molecular weight excluding hydrogens is 216 g/mol. The van der Waals surface area contributed by atoms with Gasteiger partial charge in [-0.05, 0) is 19.8 Å². The maximum absolute atomic E-state index is 9.97. The topological polar surface area (TPSA) is 58.3 Å². The lowest BCUT2D eigenvalue weighted by atomic mass is 9.96. The Morgan fingerprint density at radius 1 is 1.29 bits per heavy atom. The molecule has 0 amide bonds. The first-order chi connectivity index (χ1) is 8.10. The number of aliphatic hydroxyl groups is 1. The van der Waals surface area contributed by atoms with Gasteiger partial charge >= 0.3 is 0 Å². The summed E-state index contributed by atoms with van der Waals surface area (Å²) in [5.41, 5.74) is 2.02. The quantitative estimate of drug-likeness (QED) is 0.767. The summed E-state index contributed by atoms with van der Waals surface area (Å²) < 4.78 is 5.09. The summed E-state index contributed by atoms with van der Waals surface area (Å²) in [6.07, 6.45) is 1.76. The molecule has 0 fully saturated rings. The highest BCUT2D eigenvalue weighted by Gasteiger charge is 2.15. The van der Waals surface area contributed by atoms with Crippen LogP contribution in [0.3, 0.4) is 0 Å². The number of aryl methyl sites for hydroxylation is 2. The predicted octanol–water partition coefficient (Wildman–Crippen LogP) is 2.18. The number of aromatic nitrogens is 1. The molecule has 0 spiro atoms. The van der Waals surface area contributed by atoms with Gasteiger partial charge in [0.15, 0.2) is 0 Å². The summed E-state index contributed by atoms with van der Waals surface area (Å²) in [6.45, 7) is 9.41. The molecule has 1 rings (SSSR count). The molecule has 0 radical (unpaired) electrons. The van der Waals surface area contributed by atoms with Crippen LogP contribution >= 0.6 is 0 Å². The fourth-order valence-corrected chi connectivity index (χ4v) is 2.10. The summed E-state index contributed by atoms with van der Waals surface area (Å²) in [7, 11) is 0. The molecule has 4 nitrogen and oxygen atoms in total. The van der Waals surface area contributed by atoms with Crippen LogP contribution in [0.15, 0.2) is 4.52 Å². The van der Waals surface area contributed by atoms with Crippen molar-refractivity contribution in [2.24, 2.45) is 5.92 Å². The van der Waals surface area contributed by atoms with E-state index >= 15 is 0 Å². The van der Waals surface area contributed by atoms with E-state index < -0.39 is 0 Å². The van der Waals surface area contributed by atoms with Crippen molar-refractivity contribution >= 4 is 0 Å². The Kier molecular flexibility index (Phi) is 5.65. The zero-order valence-corrected chi connectivity index (χ0v) is 11.3. The van der Waals surface area contributed by atoms with E-state index in [1.54, 1.807) is 0 Å². The predicted molar refractivity (Wildman–Crippen MR) is 67.8 cm³/mol. The normalized spacial score (nSPS) is 13.3. The lowest BCUT2D eigenvalue weighted by molar-refractivity contribution is 0.101. The average Bonchev–Trinajstić information content (AvgIpc) is 2.62. The van der Waals surface area contributed by atoms with Gasteiger partial charge in [0.1, 0.15) is 5.76 Å². The lowest BCUT2D eigenvalue weighted by Crippen LogP contribution is -2.32. The second-order valence-corrected chi connectivity index (χ2v) is 4.58. The Labute approximate surface area is 103 Å². The third kappa shape index (κ3) is 3.82. The molecule has 0 bridgehead atoms. The molecule has 0 aromatic carbocycles. The fourth-order valence-electron chi connectivity index (χ4n) is 2.10. The minimum Gasteiger partial charge on any atom is -0.392 e. The number of hydrogen-bond donors (Lipinski definition) is 2. The van der Waals surface area contributed by atoms with Gasteiger partial charge in [-0.25, -0.2) is 0 Å². The molecule has 0 aliphatic heterocycles.